The number of hydrogen-bond acceptors (Lipinski definition) is 4. The van der Waals surface area contributed by atoms with Crippen LogP contribution in [0.3, 0.4) is 0 Å². The number of fused-ring (bicyclic) bond motifs is 4. The number of hydrogen-bond donors (Lipinski definition) is 0. The summed E-state index contributed by atoms with van der Waals surface area (Å²) in [7, 11) is 0. The Kier molecular flexibility index (Phi) is 3.93. The zero-order valence-electron chi connectivity index (χ0n) is 14.7. The molecule has 0 saturated carbocycles. The molecule has 0 spiro atoms. The number of thiazole rings is 1. The van der Waals surface area contributed by atoms with Gasteiger partial charge in [0.15, 0.2) is 0 Å². The molecule has 2 atom stereocenters. The Morgan fingerprint density at radius 2 is 1.89 bits per heavy atom. The van der Waals surface area contributed by atoms with Crippen molar-refractivity contribution in [3.63, 3.8) is 0 Å². The molecule has 2 aromatic heterocycles. The summed E-state index contributed by atoms with van der Waals surface area (Å²) in [4.78, 5) is 31.7. The molecule has 0 unspecified atom stereocenters. The Morgan fingerprint density at radius 1 is 1.04 bits per heavy atom. The van der Waals surface area contributed by atoms with Crippen LogP contribution >= 0.6 is 11.3 Å². The second-order valence-electron chi connectivity index (χ2n) is 7.31. The van der Waals surface area contributed by atoms with Crippen molar-refractivity contribution in [3.05, 3.63) is 75.7 Å². The van der Waals surface area contributed by atoms with Gasteiger partial charge >= 0.3 is 0 Å². The lowest BCUT2D eigenvalue weighted by atomic mass is 9.83. The van der Waals surface area contributed by atoms with Gasteiger partial charge in [0.25, 0.3) is 11.5 Å². The monoisotopic (exact) mass is 377 g/mol. The van der Waals surface area contributed by atoms with Gasteiger partial charge in [-0.1, -0.05) is 36.4 Å². The summed E-state index contributed by atoms with van der Waals surface area (Å²) < 4.78 is 1.89. The summed E-state index contributed by atoms with van der Waals surface area (Å²) in [5, 5.41) is 2.72. The molecule has 0 aliphatic carbocycles. The molecule has 0 radical (unpaired) electrons. The second kappa shape index (κ2) is 6.46. The molecule has 136 valence electrons. The second-order valence-corrected chi connectivity index (χ2v) is 8.17. The predicted octanol–water partition coefficient (Wildman–Crippen LogP) is 3.23. The highest BCUT2D eigenvalue weighted by Crippen LogP contribution is 2.35. The molecule has 1 amide bonds. The van der Waals surface area contributed by atoms with Crippen LogP contribution in [0.25, 0.3) is 10.6 Å². The first-order valence-electron chi connectivity index (χ1n) is 9.19. The van der Waals surface area contributed by atoms with Gasteiger partial charge in [0, 0.05) is 48.3 Å². The van der Waals surface area contributed by atoms with Crippen molar-refractivity contribution in [3.8, 4) is 10.6 Å². The molecular formula is C21H19N3O2S. The van der Waals surface area contributed by atoms with Crippen LogP contribution in [0.4, 0.5) is 0 Å². The maximum atomic E-state index is 13.1. The highest BCUT2D eigenvalue weighted by molar-refractivity contribution is 7.13. The Hall–Kier alpha value is -2.73. The van der Waals surface area contributed by atoms with E-state index in [1.54, 1.807) is 6.07 Å². The summed E-state index contributed by atoms with van der Waals surface area (Å²) >= 11 is 1.50. The van der Waals surface area contributed by atoms with Gasteiger partial charge in [-0.25, -0.2) is 4.98 Å². The number of pyridine rings is 1. The molecule has 6 heteroatoms. The van der Waals surface area contributed by atoms with Crippen LogP contribution in [-0.2, 0) is 6.54 Å². The Labute approximate surface area is 160 Å². The fourth-order valence-electron chi connectivity index (χ4n) is 4.31. The van der Waals surface area contributed by atoms with Crippen molar-refractivity contribution in [2.24, 2.45) is 5.92 Å². The number of carbonyl (C=O) groups excluding carboxylic acids is 1. The van der Waals surface area contributed by atoms with Gasteiger partial charge in [-0.05, 0) is 18.4 Å². The molecule has 1 saturated heterocycles. The molecule has 0 N–H and O–H groups in total. The summed E-state index contributed by atoms with van der Waals surface area (Å²) in [5.41, 5.74) is 2.67. The first kappa shape index (κ1) is 16.4. The molecule has 27 heavy (non-hydrogen) atoms. The highest BCUT2D eigenvalue weighted by Gasteiger charge is 2.36. The number of piperidine rings is 1. The van der Waals surface area contributed by atoms with E-state index in [9.17, 15) is 9.59 Å². The van der Waals surface area contributed by atoms with Crippen molar-refractivity contribution in [1.29, 1.82) is 0 Å². The average Bonchev–Trinajstić information content (AvgIpc) is 3.19. The van der Waals surface area contributed by atoms with Gasteiger partial charge in [-0.2, -0.15) is 0 Å². The minimum atomic E-state index is -0.00476. The van der Waals surface area contributed by atoms with Crippen LogP contribution in [0, 0.1) is 5.92 Å². The van der Waals surface area contributed by atoms with E-state index >= 15 is 0 Å². The SMILES string of the molecule is O=C(c1csc(-c2ccccc2)n1)N1C[C@H]2C[C@@H](C1)c1cccc(=O)n1C2. The van der Waals surface area contributed by atoms with Crippen LogP contribution in [0.1, 0.15) is 28.5 Å². The third kappa shape index (κ3) is 2.90. The maximum absolute atomic E-state index is 13.1. The quantitative estimate of drug-likeness (QED) is 0.689. The third-order valence-electron chi connectivity index (χ3n) is 5.51. The van der Waals surface area contributed by atoms with Crippen molar-refractivity contribution in [2.75, 3.05) is 13.1 Å². The number of aromatic nitrogens is 2. The first-order chi connectivity index (χ1) is 13.2. The van der Waals surface area contributed by atoms with Gasteiger partial charge in [-0.3, -0.25) is 9.59 Å². The van der Waals surface area contributed by atoms with Crippen LogP contribution in [0.5, 0.6) is 0 Å². The lowest BCUT2D eigenvalue weighted by molar-refractivity contribution is 0.0589. The fourth-order valence-corrected chi connectivity index (χ4v) is 5.11. The minimum absolute atomic E-state index is 0.00476. The summed E-state index contributed by atoms with van der Waals surface area (Å²) in [5.74, 6) is 0.546. The lowest BCUT2D eigenvalue weighted by Crippen LogP contribution is -2.49. The topological polar surface area (TPSA) is 55.2 Å². The van der Waals surface area contributed by atoms with E-state index in [1.165, 1.54) is 11.3 Å². The number of likely N-dealkylation sites (tertiary alicyclic amines) is 1. The molecule has 3 aromatic rings. The lowest BCUT2D eigenvalue weighted by Gasteiger charge is -2.42. The number of carbonyl (C=O) groups is 1. The number of rotatable bonds is 2. The van der Waals surface area contributed by atoms with Crippen LogP contribution in [0.15, 0.2) is 58.7 Å². The number of benzene rings is 1. The maximum Gasteiger partial charge on any atom is 0.273 e. The molecule has 5 nitrogen and oxygen atoms in total. The molecule has 4 heterocycles. The summed E-state index contributed by atoms with van der Waals surface area (Å²) in [6.07, 6.45) is 1.04. The number of amides is 1. The van der Waals surface area contributed by atoms with Gasteiger partial charge in [0.2, 0.25) is 0 Å². The average molecular weight is 377 g/mol. The summed E-state index contributed by atoms with van der Waals surface area (Å²) in [6, 6.07) is 15.4. The van der Waals surface area contributed by atoms with E-state index in [0.717, 1.165) is 22.7 Å². The fraction of sp³-hybridized carbons (Fsp3) is 0.286. The Morgan fingerprint density at radius 3 is 2.74 bits per heavy atom. The largest absolute Gasteiger partial charge is 0.336 e. The van der Waals surface area contributed by atoms with E-state index in [2.05, 4.69) is 4.98 Å². The molecule has 1 fully saturated rings. The van der Waals surface area contributed by atoms with Crippen LogP contribution < -0.4 is 5.56 Å². The molecule has 2 aliphatic heterocycles. The Balaban J connectivity index is 1.40. The van der Waals surface area contributed by atoms with Crippen LogP contribution in [0.2, 0.25) is 0 Å². The standard InChI is InChI=1S/C21H19N3O2S/c25-19-8-4-7-18-16-9-14(11-24(18)19)10-23(12-16)21(26)17-13-27-20(22-17)15-5-2-1-3-6-15/h1-8,13-14,16H,9-12H2/t14-,16+/m1/s1. The number of nitrogens with zero attached hydrogens (tertiary/aromatic N) is 3. The molecule has 2 aliphatic rings. The van der Waals surface area contributed by atoms with E-state index in [0.29, 0.717) is 31.2 Å². The molecular weight excluding hydrogens is 358 g/mol. The van der Waals surface area contributed by atoms with Crippen LogP contribution in [-0.4, -0.2) is 33.4 Å². The van der Waals surface area contributed by atoms with Gasteiger partial charge < -0.3 is 9.47 Å². The van der Waals surface area contributed by atoms with Gasteiger partial charge in [-0.15, -0.1) is 11.3 Å². The molecule has 2 bridgehead atoms. The van der Waals surface area contributed by atoms with Gasteiger partial charge in [0.05, 0.1) is 0 Å². The molecule has 5 rings (SSSR count). The van der Waals surface area contributed by atoms with E-state index in [4.69, 9.17) is 0 Å². The van der Waals surface area contributed by atoms with Crippen molar-refractivity contribution in [2.45, 2.75) is 18.9 Å². The predicted molar refractivity (Wildman–Crippen MR) is 105 cm³/mol. The van der Waals surface area contributed by atoms with Crippen molar-refractivity contribution in [1.82, 2.24) is 14.5 Å². The summed E-state index contributed by atoms with van der Waals surface area (Å²) in [6.45, 7) is 2.03. The minimum Gasteiger partial charge on any atom is -0.336 e. The van der Waals surface area contributed by atoms with Crippen molar-refractivity contribution < 1.29 is 4.79 Å². The smallest absolute Gasteiger partial charge is 0.273 e. The molecule has 1 aromatic carbocycles. The normalized spacial score (nSPS) is 21.0. The van der Waals surface area contributed by atoms with E-state index in [-0.39, 0.29) is 17.4 Å². The van der Waals surface area contributed by atoms with Gasteiger partial charge in [0.1, 0.15) is 10.7 Å². The van der Waals surface area contributed by atoms with E-state index < -0.39 is 0 Å². The Bertz CT molecular complexity index is 1060. The van der Waals surface area contributed by atoms with Crippen molar-refractivity contribution >= 4 is 17.2 Å². The van der Waals surface area contributed by atoms with E-state index in [1.807, 2.05) is 57.3 Å². The zero-order valence-corrected chi connectivity index (χ0v) is 15.6. The first-order valence-corrected chi connectivity index (χ1v) is 10.1. The third-order valence-corrected chi connectivity index (χ3v) is 6.40. The zero-order chi connectivity index (χ0) is 18.4. The highest BCUT2D eigenvalue weighted by atomic mass is 32.1.